The van der Waals surface area contributed by atoms with E-state index in [4.69, 9.17) is 5.11 Å². The quantitative estimate of drug-likeness (QED) is 0.783. The number of nitrogens with zero attached hydrogens (tertiary/aromatic N) is 1. The fourth-order valence-corrected chi connectivity index (χ4v) is 2.30. The summed E-state index contributed by atoms with van der Waals surface area (Å²) < 4.78 is 15.5. The van der Waals surface area contributed by atoms with Crippen molar-refractivity contribution in [3.8, 4) is 16.8 Å². The summed E-state index contributed by atoms with van der Waals surface area (Å²) in [4.78, 5) is 11.0. The zero-order valence-electron chi connectivity index (χ0n) is 12.0. The molecule has 1 heterocycles. The largest absolute Gasteiger partial charge is 0.478 e. The number of carboxylic acid groups (broad SMARTS) is 1. The first kappa shape index (κ1) is 14.1. The van der Waals surface area contributed by atoms with Crippen LogP contribution in [0.25, 0.3) is 16.8 Å². The third kappa shape index (κ3) is 2.63. The van der Waals surface area contributed by atoms with Gasteiger partial charge >= 0.3 is 5.97 Å². The van der Waals surface area contributed by atoms with Crippen molar-refractivity contribution in [2.24, 2.45) is 0 Å². The van der Waals surface area contributed by atoms with Gasteiger partial charge < -0.3 is 9.67 Å². The van der Waals surface area contributed by atoms with Crippen LogP contribution in [0.2, 0.25) is 0 Å². The average Bonchev–Trinajstić information content (AvgIpc) is 3.00. The van der Waals surface area contributed by atoms with Crippen molar-refractivity contribution < 1.29 is 14.3 Å². The van der Waals surface area contributed by atoms with Gasteiger partial charge in [-0.15, -0.1) is 0 Å². The van der Waals surface area contributed by atoms with Gasteiger partial charge in [0, 0.05) is 18.1 Å². The van der Waals surface area contributed by atoms with Crippen LogP contribution in [0.3, 0.4) is 0 Å². The topological polar surface area (TPSA) is 42.2 Å². The van der Waals surface area contributed by atoms with Gasteiger partial charge in [0.25, 0.3) is 0 Å². The van der Waals surface area contributed by atoms with Crippen molar-refractivity contribution in [3.63, 3.8) is 0 Å². The highest BCUT2D eigenvalue weighted by atomic mass is 19.1. The van der Waals surface area contributed by atoms with E-state index >= 15 is 0 Å². The Bertz CT molecular complexity index is 852. The lowest BCUT2D eigenvalue weighted by Crippen LogP contribution is -1.95. The number of carbonyl (C=O) groups is 1. The van der Waals surface area contributed by atoms with Gasteiger partial charge in [0.2, 0.25) is 0 Å². The number of hydrogen-bond donors (Lipinski definition) is 1. The van der Waals surface area contributed by atoms with Crippen LogP contribution in [0.1, 0.15) is 15.9 Å². The lowest BCUT2D eigenvalue weighted by Gasteiger charge is -2.04. The predicted molar refractivity (Wildman–Crippen MR) is 82.9 cm³/mol. The number of aromatic nitrogens is 1. The summed E-state index contributed by atoms with van der Waals surface area (Å²) in [5.41, 5.74) is 3.26. The van der Waals surface area contributed by atoms with Gasteiger partial charge in [0.1, 0.15) is 5.82 Å². The van der Waals surface area contributed by atoms with Gasteiger partial charge in [-0.3, -0.25) is 0 Å². The van der Waals surface area contributed by atoms with Crippen LogP contribution in [-0.4, -0.2) is 15.6 Å². The highest BCUT2D eigenvalue weighted by molar-refractivity contribution is 5.89. The minimum absolute atomic E-state index is 0.242. The molecule has 0 radical (unpaired) electrons. The monoisotopic (exact) mass is 295 g/mol. The first-order chi connectivity index (χ1) is 10.5. The summed E-state index contributed by atoms with van der Waals surface area (Å²) in [6.45, 7) is 1.72. The van der Waals surface area contributed by atoms with Crippen molar-refractivity contribution >= 4 is 5.97 Å². The van der Waals surface area contributed by atoms with Crippen molar-refractivity contribution in [2.75, 3.05) is 0 Å². The molecule has 4 heteroatoms. The van der Waals surface area contributed by atoms with E-state index in [9.17, 15) is 9.18 Å². The lowest BCUT2D eigenvalue weighted by molar-refractivity contribution is 0.0697. The highest BCUT2D eigenvalue weighted by Gasteiger charge is 2.07. The van der Waals surface area contributed by atoms with Gasteiger partial charge in [0.15, 0.2) is 0 Å². The summed E-state index contributed by atoms with van der Waals surface area (Å²) >= 11 is 0. The molecule has 3 nitrogen and oxygen atoms in total. The SMILES string of the molecule is Cc1ccc(-n2ccc(-c3cccc(C(=O)O)c3)c2)cc1F. The minimum atomic E-state index is -0.957. The Morgan fingerprint density at radius 2 is 1.91 bits per heavy atom. The summed E-state index contributed by atoms with van der Waals surface area (Å²) in [6.07, 6.45) is 3.68. The number of halogens is 1. The zero-order chi connectivity index (χ0) is 15.7. The molecular weight excluding hydrogens is 281 g/mol. The Morgan fingerprint density at radius 3 is 2.64 bits per heavy atom. The minimum Gasteiger partial charge on any atom is -0.478 e. The number of rotatable bonds is 3. The van der Waals surface area contributed by atoms with Gasteiger partial charge in [0.05, 0.1) is 5.56 Å². The Kier molecular flexibility index (Phi) is 3.51. The first-order valence-electron chi connectivity index (χ1n) is 6.83. The van der Waals surface area contributed by atoms with Crippen LogP contribution in [0.15, 0.2) is 60.9 Å². The summed E-state index contributed by atoms with van der Waals surface area (Å²) in [5, 5.41) is 9.05. The molecule has 0 amide bonds. The van der Waals surface area contributed by atoms with E-state index in [1.807, 2.05) is 35.2 Å². The molecule has 1 aromatic heterocycles. The van der Waals surface area contributed by atoms with Crippen LogP contribution in [0, 0.1) is 12.7 Å². The molecule has 110 valence electrons. The zero-order valence-corrected chi connectivity index (χ0v) is 12.0. The van der Waals surface area contributed by atoms with Gasteiger partial charge in [-0.2, -0.15) is 0 Å². The van der Waals surface area contributed by atoms with Crippen LogP contribution in [-0.2, 0) is 0 Å². The molecular formula is C18H14FNO2. The van der Waals surface area contributed by atoms with Crippen molar-refractivity contribution in [1.29, 1.82) is 0 Å². The van der Waals surface area contributed by atoms with E-state index < -0.39 is 5.97 Å². The van der Waals surface area contributed by atoms with Crippen molar-refractivity contribution in [2.45, 2.75) is 6.92 Å². The van der Waals surface area contributed by atoms with E-state index in [0.717, 1.165) is 16.8 Å². The molecule has 3 aromatic rings. The maximum Gasteiger partial charge on any atom is 0.335 e. The van der Waals surface area contributed by atoms with Crippen molar-refractivity contribution in [3.05, 3.63) is 77.9 Å². The van der Waals surface area contributed by atoms with E-state index in [2.05, 4.69) is 0 Å². The van der Waals surface area contributed by atoms with Crippen molar-refractivity contribution in [1.82, 2.24) is 4.57 Å². The van der Waals surface area contributed by atoms with E-state index in [1.165, 1.54) is 6.07 Å². The molecule has 0 fully saturated rings. The summed E-state index contributed by atoms with van der Waals surface area (Å²) in [6, 6.07) is 13.7. The van der Waals surface area contributed by atoms with Gasteiger partial charge in [-0.25, -0.2) is 9.18 Å². The summed E-state index contributed by atoms with van der Waals surface area (Å²) in [7, 11) is 0. The number of benzene rings is 2. The molecule has 0 bridgehead atoms. The number of aryl methyl sites for hydroxylation is 1. The maximum atomic E-state index is 13.7. The predicted octanol–water partition coefficient (Wildman–Crippen LogP) is 4.29. The number of aromatic carboxylic acids is 1. The van der Waals surface area contributed by atoms with E-state index in [-0.39, 0.29) is 11.4 Å². The second kappa shape index (κ2) is 5.48. The summed E-state index contributed by atoms with van der Waals surface area (Å²) in [5.74, 6) is -1.21. The first-order valence-corrected chi connectivity index (χ1v) is 6.83. The molecule has 0 aliphatic carbocycles. The molecule has 1 N–H and O–H groups in total. The highest BCUT2D eigenvalue weighted by Crippen LogP contribution is 2.23. The van der Waals surface area contributed by atoms with Crippen LogP contribution >= 0.6 is 0 Å². The molecule has 0 unspecified atom stereocenters. The number of hydrogen-bond acceptors (Lipinski definition) is 1. The molecule has 22 heavy (non-hydrogen) atoms. The van der Waals surface area contributed by atoms with Crippen LogP contribution < -0.4 is 0 Å². The Hall–Kier alpha value is -2.88. The maximum absolute atomic E-state index is 13.7. The fourth-order valence-electron chi connectivity index (χ4n) is 2.30. The third-order valence-corrected chi connectivity index (χ3v) is 3.59. The second-order valence-corrected chi connectivity index (χ2v) is 5.13. The smallest absolute Gasteiger partial charge is 0.335 e. The second-order valence-electron chi connectivity index (χ2n) is 5.13. The van der Waals surface area contributed by atoms with E-state index in [0.29, 0.717) is 5.56 Å². The molecule has 0 aliphatic heterocycles. The molecule has 0 saturated heterocycles. The van der Waals surface area contributed by atoms with Crippen LogP contribution in [0.5, 0.6) is 0 Å². The fraction of sp³-hybridized carbons (Fsp3) is 0.0556. The van der Waals surface area contributed by atoms with Gasteiger partial charge in [-0.1, -0.05) is 18.2 Å². The lowest BCUT2D eigenvalue weighted by atomic mass is 10.1. The number of carboxylic acids is 1. The Morgan fingerprint density at radius 1 is 1.09 bits per heavy atom. The molecule has 0 saturated carbocycles. The third-order valence-electron chi connectivity index (χ3n) is 3.59. The molecule has 0 spiro atoms. The van der Waals surface area contributed by atoms with E-state index in [1.54, 1.807) is 31.2 Å². The Balaban J connectivity index is 1.98. The van der Waals surface area contributed by atoms with Crippen LogP contribution in [0.4, 0.5) is 4.39 Å². The standard InChI is InChI=1S/C18H14FNO2/c1-12-5-6-16(10-17(12)19)20-8-7-15(11-20)13-3-2-4-14(9-13)18(21)22/h2-11H,1H3,(H,21,22). The molecule has 0 aliphatic rings. The van der Waals surface area contributed by atoms with Gasteiger partial charge in [-0.05, 0) is 53.9 Å². The molecule has 2 aromatic carbocycles. The Labute approximate surface area is 127 Å². The molecule has 3 rings (SSSR count). The molecule has 0 atom stereocenters. The normalized spacial score (nSPS) is 10.6. The average molecular weight is 295 g/mol.